The van der Waals surface area contributed by atoms with Crippen molar-refractivity contribution in [3.8, 4) is 11.5 Å². The van der Waals surface area contributed by atoms with Crippen molar-refractivity contribution in [2.24, 2.45) is 5.73 Å². The van der Waals surface area contributed by atoms with Crippen molar-refractivity contribution >= 4 is 15.9 Å². The Hall–Kier alpha value is -1.59. The van der Waals surface area contributed by atoms with E-state index in [1.807, 2.05) is 18.2 Å². The molecule has 0 saturated carbocycles. The Morgan fingerprint density at radius 1 is 1.25 bits per heavy atom. The van der Waals surface area contributed by atoms with Crippen LogP contribution in [0.25, 0.3) is 0 Å². The van der Waals surface area contributed by atoms with Crippen molar-refractivity contribution in [2.45, 2.75) is 18.6 Å². The van der Waals surface area contributed by atoms with Crippen LogP contribution in [0.3, 0.4) is 0 Å². The van der Waals surface area contributed by atoms with E-state index in [1.54, 1.807) is 6.07 Å². The summed E-state index contributed by atoms with van der Waals surface area (Å²) in [6.07, 6.45) is 0.251. The Kier molecular flexibility index (Phi) is 3.40. The van der Waals surface area contributed by atoms with E-state index in [4.69, 9.17) is 10.5 Å². The van der Waals surface area contributed by atoms with Crippen LogP contribution < -0.4 is 10.5 Å². The van der Waals surface area contributed by atoms with Crippen LogP contribution in [0.2, 0.25) is 0 Å². The molecule has 104 valence electrons. The number of aromatic hydroxyl groups is 1. The largest absolute Gasteiger partial charge is 0.505 e. The van der Waals surface area contributed by atoms with Crippen molar-refractivity contribution in [3.05, 3.63) is 57.8 Å². The first-order valence-electron chi connectivity index (χ1n) is 6.24. The standard InChI is InChI=1S/C15H13BrFNO2/c16-9-2-3-10-12(18)7-14(20-15(10)6-9)8-1-4-13(19)11(17)5-8/h1-6,12,14,19H,7,18H2/t12-,14?/m1/s1. The predicted octanol–water partition coefficient (Wildman–Crippen LogP) is 3.82. The summed E-state index contributed by atoms with van der Waals surface area (Å²) in [4.78, 5) is 0. The molecule has 0 amide bonds. The number of rotatable bonds is 1. The molecular weight excluding hydrogens is 325 g/mol. The van der Waals surface area contributed by atoms with Gasteiger partial charge in [-0.3, -0.25) is 0 Å². The van der Waals surface area contributed by atoms with E-state index in [1.165, 1.54) is 12.1 Å². The van der Waals surface area contributed by atoms with Gasteiger partial charge in [0.2, 0.25) is 0 Å². The van der Waals surface area contributed by atoms with Gasteiger partial charge in [-0.1, -0.05) is 28.1 Å². The number of phenolic OH excluding ortho intramolecular Hbond substituents is 1. The first-order valence-corrected chi connectivity index (χ1v) is 7.04. The summed E-state index contributed by atoms with van der Waals surface area (Å²) >= 11 is 3.39. The summed E-state index contributed by atoms with van der Waals surface area (Å²) in [5, 5.41) is 9.24. The fourth-order valence-electron chi connectivity index (χ4n) is 2.40. The lowest BCUT2D eigenvalue weighted by Crippen LogP contribution is -2.24. The maximum atomic E-state index is 13.4. The van der Waals surface area contributed by atoms with Crippen molar-refractivity contribution < 1.29 is 14.2 Å². The zero-order chi connectivity index (χ0) is 14.3. The van der Waals surface area contributed by atoms with Gasteiger partial charge < -0.3 is 15.6 Å². The average Bonchev–Trinajstić information content (AvgIpc) is 2.41. The lowest BCUT2D eigenvalue weighted by atomic mass is 9.93. The zero-order valence-electron chi connectivity index (χ0n) is 10.5. The molecule has 1 aliphatic rings. The van der Waals surface area contributed by atoms with Crippen LogP contribution in [0.5, 0.6) is 11.5 Å². The molecule has 0 aliphatic carbocycles. The van der Waals surface area contributed by atoms with E-state index in [2.05, 4.69) is 15.9 Å². The highest BCUT2D eigenvalue weighted by Crippen LogP contribution is 2.41. The van der Waals surface area contributed by atoms with Gasteiger partial charge in [0.25, 0.3) is 0 Å². The van der Waals surface area contributed by atoms with Crippen LogP contribution in [-0.4, -0.2) is 5.11 Å². The third kappa shape index (κ3) is 2.39. The van der Waals surface area contributed by atoms with Gasteiger partial charge in [0, 0.05) is 22.5 Å². The molecule has 0 radical (unpaired) electrons. The summed E-state index contributed by atoms with van der Waals surface area (Å²) in [6.45, 7) is 0. The van der Waals surface area contributed by atoms with Crippen LogP contribution in [0, 0.1) is 5.82 Å². The van der Waals surface area contributed by atoms with Crippen molar-refractivity contribution in [2.75, 3.05) is 0 Å². The molecule has 3 rings (SSSR count). The van der Waals surface area contributed by atoms with Gasteiger partial charge in [-0.15, -0.1) is 0 Å². The summed E-state index contributed by atoms with van der Waals surface area (Å²) in [5.41, 5.74) is 7.77. The van der Waals surface area contributed by atoms with Gasteiger partial charge in [-0.2, -0.15) is 0 Å². The molecule has 1 heterocycles. The molecule has 3 N–H and O–H groups in total. The first kappa shape index (κ1) is 13.4. The average molecular weight is 338 g/mol. The van der Waals surface area contributed by atoms with E-state index in [0.29, 0.717) is 17.7 Å². The molecular formula is C15H13BrFNO2. The van der Waals surface area contributed by atoms with Gasteiger partial charge in [0.1, 0.15) is 11.9 Å². The van der Waals surface area contributed by atoms with E-state index < -0.39 is 5.82 Å². The third-order valence-electron chi connectivity index (χ3n) is 3.46. The predicted molar refractivity (Wildman–Crippen MR) is 77.1 cm³/mol. The van der Waals surface area contributed by atoms with Gasteiger partial charge >= 0.3 is 0 Å². The molecule has 0 spiro atoms. The monoisotopic (exact) mass is 337 g/mol. The molecule has 1 unspecified atom stereocenters. The highest BCUT2D eigenvalue weighted by Gasteiger charge is 2.27. The second-order valence-corrected chi connectivity index (χ2v) is 5.76. The SMILES string of the molecule is N[C@@H]1CC(c2ccc(O)c(F)c2)Oc2cc(Br)ccc21. The maximum absolute atomic E-state index is 13.4. The number of halogens is 2. The van der Waals surface area contributed by atoms with Crippen molar-refractivity contribution in [1.29, 1.82) is 0 Å². The number of ether oxygens (including phenoxy) is 1. The highest BCUT2D eigenvalue weighted by molar-refractivity contribution is 9.10. The molecule has 0 fully saturated rings. The summed E-state index contributed by atoms with van der Waals surface area (Å²) in [6, 6.07) is 9.82. The molecule has 2 aromatic carbocycles. The zero-order valence-corrected chi connectivity index (χ0v) is 12.1. The number of hydrogen-bond acceptors (Lipinski definition) is 3. The third-order valence-corrected chi connectivity index (χ3v) is 3.95. The van der Waals surface area contributed by atoms with Gasteiger partial charge in [-0.05, 0) is 29.8 Å². The number of benzene rings is 2. The van der Waals surface area contributed by atoms with Crippen LogP contribution in [0.1, 0.15) is 29.7 Å². The second-order valence-electron chi connectivity index (χ2n) is 4.84. The van der Waals surface area contributed by atoms with Crippen LogP contribution in [-0.2, 0) is 0 Å². The second kappa shape index (κ2) is 5.07. The Morgan fingerprint density at radius 3 is 2.80 bits per heavy atom. The Labute approximate surface area is 124 Å². The first-order chi connectivity index (χ1) is 9.54. The highest BCUT2D eigenvalue weighted by atomic mass is 79.9. The van der Waals surface area contributed by atoms with E-state index in [-0.39, 0.29) is 17.9 Å². The Bertz CT molecular complexity index is 662. The normalized spacial score (nSPS) is 21.1. The number of phenols is 1. The maximum Gasteiger partial charge on any atom is 0.165 e. The minimum absolute atomic E-state index is 0.159. The Balaban J connectivity index is 1.96. The lowest BCUT2D eigenvalue weighted by Gasteiger charge is -2.30. The molecule has 3 nitrogen and oxygen atoms in total. The minimum atomic E-state index is -0.653. The topological polar surface area (TPSA) is 55.5 Å². The molecule has 1 aliphatic heterocycles. The fraction of sp³-hybridized carbons (Fsp3) is 0.200. The molecule has 2 atom stereocenters. The van der Waals surface area contributed by atoms with E-state index in [9.17, 15) is 9.50 Å². The van der Waals surface area contributed by atoms with Gasteiger partial charge in [0.05, 0.1) is 0 Å². The smallest absolute Gasteiger partial charge is 0.165 e. The summed E-state index contributed by atoms with van der Waals surface area (Å²) in [7, 11) is 0. The van der Waals surface area contributed by atoms with Crippen molar-refractivity contribution in [3.63, 3.8) is 0 Å². The minimum Gasteiger partial charge on any atom is -0.505 e. The lowest BCUT2D eigenvalue weighted by molar-refractivity contribution is 0.161. The quantitative estimate of drug-likeness (QED) is 0.831. The molecule has 0 bridgehead atoms. The van der Waals surface area contributed by atoms with Crippen LogP contribution >= 0.6 is 15.9 Å². The molecule has 0 aromatic heterocycles. The molecule has 0 saturated heterocycles. The van der Waals surface area contributed by atoms with Gasteiger partial charge in [0.15, 0.2) is 11.6 Å². The number of nitrogens with two attached hydrogens (primary N) is 1. The van der Waals surface area contributed by atoms with Crippen LogP contribution in [0.4, 0.5) is 4.39 Å². The molecule has 2 aromatic rings. The molecule has 20 heavy (non-hydrogen) atoms. The Morgan fingerprint density at radius 2 is 2.05 bits per heavy atom. The van der Waals surface area contributed by atoms with Gasteiger partial charge in [-0.25, -0.2) is 4.39 Å². The summed E-state index contributed by atoms with van der Waals surface area (Å²) in [5.74, 6) is -0.312. The summed E-state index contributed by atoms with van der Waals surface area (Å²) < 4.78 is 20.3. The fourth-order valence-corrected chi connectivity index (χ4v) is 2.74. The van der Waals surface area contributed by atoms with E-state index in [0.717, 1.165) is 10.0 Å². The van der Waals surface area contributed by atoms with Crippen LogP contribution in [0.15, 0.2) is 40.9 Å². The number of hydrogen-bond donors (Lipinski definition) is 2. The molecule has 5 heteroatoms. The van der Waals surface area contributed by atoms with Crippen molar-refractivity contribution in [1.82, 2.24) is 0 Å². The van der Waals surface area contributed by atoms with E-state index >= 15 is 0 Å². The number of fused-ring (bicyclic) bond motifs is 1.